The fraction of sp³-hybridized carbons (Fsp3) is 0.0714. The molecular weight excluding hydrogens is 196 g/mol. The molecule has 0 spiro atoms. The van der Waals surface area contributed by atoms with Gasteiger partial charge in [0.1, 0.15) is 5.69 Å². The molecule has 0 aliphatic heterocycles. The lowest BCUT2D eigenvalue weighted by Crippen LogP contribution is -1.79. The van der Waals surface area contributed by atoms with Crippen molar-refractivity contribution >= 4 is 10.9 Å². The van der Waals surface area contributed by atoms with Gasteiger partial charge in [-0.1, -0.05) is 42.5 Å². The molecule has 3 aromatic rings. The molecule has 16 heavy (non-hydrogen) atoms. The summed E-state index contributed by atoms with van der Waals surface area (Å²) in [6.45, 7) is 2.12. The third-order valence-electron chi connectivity index (χ3n) is 2.84. The molecule has 0 bridgehead atoms. The SMILES string of the molecule is Cc1cccc2[nH]nc(-c3ccccc3)c12. The predicted molar refractivity (Wildman–Crippen MR) is 66.3 cm³/mol. The highest BCUT2D eigenvalue weighted by Crippen LogP contribution is 2.28. The summed E-state index contributed by atoms with van der Waals surface area (Å²) in [6.07, 6.45) is 0. The monoisotopic (exact) mass is 208 g/mol. The molecule has 0 unspecified atom stereocenters. The van der Waals surface area contributed by atoms with Crippen LogP contribution in [0.15, 0.2) is 48.5 Å². The Kier molecular flexibility index (Phi) is 2.00. The van der Waals surface area contributed by atoms with Crippen LogP contribution in [0.2, 0.25) is 0 Å². The Balaban J connectivity index is 2.33. The fourth-order valence-electron chi connectivity index (χ4n) is 2.05. The van der Waals surface area contributed by atoms with Gasteiger partial charge in [-0.15, -0.1) is 0 Å². The van der Waals surface area contributed by atoms with Crippen molar-refractivity contribution in [1.82, 2.24) is 10.2 Å². The van der Waals surface area contributed by atoms with E-state index in [1.54, 1.807) is 0 Å². The molecule has 0 radical (unpaired) electrons. The van der Waals surface area contributed by atoms with Gasteiger partial charge in [-0.3, -0.25) is 5.10 Å². The zero-order valence-electron chi connectivity index (χ0n) is 9.07. The van der Waals surface area contributed by atoms with E-state index in [9.17, 15) is 0 Å². The molecule has 0 saturated heterocycles. The standard InChI is InChI=1S/C14H12N2/c1-10-6-5-9-12-13(10)14(16-15-12)11-7-3-2-4-8-11/h2-9H,1H3,(H,15,16). The Bertz CT molecular complexity index is 624. The van der Waals surface area contributed by atoms with E-state index in [0.717, 1.165) is 16.8 Å². The van der Waals surface area contributed by atoms with Crippen molar-refractivity contribution in [2.24, 2.45) is 0 Å². The zero-order chi connectivity index (χ0) is 11.0. The number of nitrogens with zero attached hydrogens (tertiary/aromatic N) is 1. The number of H-pyrrole nitrogens is 1. The second-order valence-electron chi connectivity index (χ2n) is 3.94. The molecule has 2 nitrogen and oxygen atoms in total. The van der Waals surface area contributed by atoms with Crippen molar-refractivity contribution in [3.63, 3.8) is 0 Å². The van der Waals surface area contributed by atoms with Gasteiger partial charge in [-0.25, -0.2) is 0 Å². The van der Waals surface area contributed by atoms with E-state index in [0.29, 0.717) is 0 Å². The minimum absolute atomic E-state index is 1.04. The maximum atomic E-state index is 4.40. The summed E-state index contributed by atoms with van der Waals surface area (Å²) in [7, 11) is 0. The molecule has 0 aliphatic carbocycles. The highest BCUT2D eigenvalue weighted by Gasteiger charge is 2.08. The summed E-state index contributed by atoms with van der Waals surface area (Å²) in [5.41, 5.74) is 4.54. The minimum atomic E-state index is 1.04. The number of benzene rings is 2. The molecule has 3 rings (SSSR count). The summed E-state index contributed by atoms with van der Waals surface area (Å²) >= 11 is 0. The van der Waals surface area contributed by atoms with E-state index in [4.69, 9.17) is 0 Å². The van der Waals surface area contributed by atoms with Crippen LogP contribution in [0.25, 0.3) is 22.2 Å². The van der Waals surface area contributed by atoms with Gasteiger partial charge >= 0.3 is 0 Å². The Labute approximate surface area is 93.9 Å². The first-order valence-electron chi connectivity index (χ1n) is 5.35. The van der Waals surface area contributed by atoms with Crippen LogP contribution in [-0.4, -0.2) is 10.2 Å². The summed E-state index contributed by atoms with van der Waals surface area (Å²) in [6, 6.07) is 16.5. The second kappa shape index (κ2) is 3.49. The lowest BCUT2D eigenvalue weighted by atomic mass is 10.0. The molecule has 2 aromatic carbocycles. The van der Waals surface area contributed by atoms with Gasteiger partial charge in [0.15, 0.2) is 0 Å². The number of nitrogens with one attached hydrogen (secondary N) is 1. The fourth-order valence-corrected chi connectivity index (χ4v) is 2.05. The van der Waals surface area contributed by atoms with Gasteiger partial charge in [0.25, 0.3) is 0 Å². The van der Waals surface area contributed by atoms with Gasteiger partial charge in [0.05, 0.1) is 5.52 Å². The maximum absolute atomic E-state index is 4.40. The third-order valence-corrected chi connectivity index (χ3v) is 2.84. The molecule has 0 atom stereocenters. The summed E-state index contributed by atoms with van der Waals surface area (Å²) in [4.78, 5) is 0. The first kappa shape index (κ1) is 9.16. The zero-order valence-corrected chi connectivity index (χ0v) is 9.07. The first-order valence-corrected chi connectivity index (χ1v) is 5.35. The average Bonchev–Trinajstić information content (AvgIpc) is 2.75. The quantitative estimate of drug-likeness (QED) is 0.651. The molecule has 0 saturated carbocycles. The first-order chi connectivity index (χ1) is 7.86. The topological polar surface area (TPSA) is 28.7 Å². The van der Waals surface area contributed by atoms with Crippen molar-refractivity contribution in [3.05, 3.63) is 54.1 Å². The summed E-state index contributed by atoms with van der Waals surface area (Å²) in [5.74, 6) is 0. The number of aromatic nitrogens is 2. The van der Waals surface area contributed by atoms with E-state index in [1.165, 1.54) is 10.9 Å². The molecule has 0 aliphatic rings. The number of aromatic amines is 1. The van der Waals surface area contributed by atoms with Crippen LogP contribution in [0.4, 0.5) is 0 Å². The van der Waals surface area contributed by atoms with E-state index in [-0.39, 0.29) is 0 Å². The van der Waals surface area contributed by atoms with Crippen LogP contribution in [0.3, 0.4) is 0 Å². The molecular formula is C14H12N2. The van der Waals surface area contributed by atoms with Gasteiger partial charge in [0, 0.05) is 10.9 Å². The van der Waals surface area contributed by atoms with Crippen LogP contribution in [0.1, 0.15) is 5.56 Å². The summed E-state index contributed by atoms with van der Waals surface area (Å²) in [5, 5.41) is 8.70. The summed E-state index contributed by atoms with van der Waals surface area (Å²) < 4.78 is 0. The van der Waals surface area contributed by atoms with Gasteiger partial charge in [-0.2, -0.15) is 5.10 Å². The number of rotatable bonds is 1. The van der Waals surface area contributed by atoms with E-state index >= 15 is 0 Å². The number of hydrogen-bond donors (Lipinski definition) is 1. The second-order valence-corrected chi connectivity index (χ2v) is 3.94. The van der Waals surface area contributed by atoms with E-state index < -0.39 is 0 Å². The van der Waals surface area contributed by atoms with Gasteiger partial charge < -0.3 is 0 Å². The van der Waals surface area contributed by atoms with E-state index in [1.807, 2.05) is 24.3 Å². The molecule has 1 aromatic heterocycles. The molecule has 0 amide bonds. The number of hydrogen-bond acceptors (Lipinski definition) is 1. The van der Waals surface area contributed by atoms with Crippen LogP contribution >= 0.6 is 0 Å². The van der Waals surface area contributed by atoms with Gasteiger partial charge in [0.2, 0.25) is 0 Å². The van der Waals surface area contributed by atoms with Crippen LogP contribution in [0, 0.1) is 6.92 Å². The molecule has 2 heteroatoms. The molecule has 78 valence electrons. The Morgan fingerprint density at radius 3 is 2.56 bits per heavy atom. The lowest BCUT2D eigenvalue weighted by Gasteiger charge is -1.99. The average molecular weight is 208 g/mol. The molecule has 1 heterocycles. The minimum Gasteiger partial charge on any atom is -0.277 e. The van der Waals surface area contributed by atoms with Crippen LogP contribution < -0.4 is 0 Å². The largest absolute Gasteiger partial charge is 0.277 e. The normalized spacial score (nSPS) is 10.8. The molecule has 1 N–H and O–H groups in total. The van der Waals surface area contributed by atoms with Crippen molar-refractivity contribution in [3.8, 4) is 11.3 Å². The maximum Gasteiger partial charge on any atom is 0.100 e. The van der Waals surface area contributed by atoms with Crippen molar-refractivity contribution in [2.75, 3.05) is 0 Å². The van der Waals surface area contributed by atoms with Crippen molar-refractivity contribution in [1.29, 1.82) is 0 Å². The Hall–Kier alpha value is -2.09. The van der Waals surface area contributed by atoms with Crippen LogP contribution in [0.5, 0.6) is 0 Å². The molecule has 0 fully saturated rings. The predicted octanol–water partition coefficient (Wildman–Crippen LogP) is 3.54. The van der Waals surface area contributed by atoms with Crippen LogP contribution in [-0.2, 0) is 0 Å². The van der Waals surface area contributed by atoms with Crippen molar-refractivity contribution in [2.45, 2.75) is 6.92 Å². The third kappa shape index (κ3) is 1.31. The smallest absolute Gasteiger partial charge is 0.100 e. The number of fused-ring (bicyclic) bond motifs is 1. The highest BCUT2D eigenvalue weighted by molar-refractivity contribution is 5.95. The number of aryl methyl sites for hydroxylation is 1. The van der Waals surface area contributed by atoms with E-state index in [2.05, 4.69) is 41.4 Å². The lowest BCUT2D eigenvalue weighted by molar-refractivity contribution is 1.12. The van der Waals surface area contributed by atoms with Gasteiger partial charge in [-0.05, 0) is 18.6 Å². The van der Waals surface area contributed by atoms with Crippen molar-refractivity contribution < 1.29 is 0 Å². The Morgan fingerprint density at radius 2 is 1.75 bits per heavy atom. The Morgan fingerprint density at radius 1 is 0.938 bits per heavy atom. The highest BCUT2D eigenvalue weighted by atomic mass is 15.1.